The van der Waals surface area contributed by atoms with E-state index in [1.54, 1.807) is 25.2 Å². The number of anilines is 1. The summed E-state index contributed by atoms with van der Waals surface area (Å²) in [5, 5.41) is 0. The molecule has 0 amide bonds. The summed E-state index contributed by atoms with van der Waals surface area (Å²) in [5.74, 6) is 0. The lowest BCUT2D eigenvalue weighted by molar-refractivity contribution is 0.601. The van der Waals surface area contributed by atoms with E-state index < -0.39 is 10.0 Å². The minimum absolute atomic E-state index is 0.195. The van der Waals surface area contributed by atoms with Crippen LogP contribution in [0, 0.1) is 13.8 Å². The highest BCUT2D eigenvalue weighted by Gasteiger charge is 2.15. The summed E-state index contributed by atoms with van der Waals surface area (Å²) in [6.07, 6.45) is 1.45. The summed E-state index contributed by atoms with van der Waals surface area (Å²) in [7, 11) is -2.08. The Morgan fingerprint density at radius 3 is 2.35 bits per heavy atom. The first-order valence-corrected chi connectivity index (χ1v) is 7.55. The summed E-state index contributed by atoms with van der Waals surface area (Å²) in [5.41, 5.74) is 2.10. The lowest BCUT2D eigenvalue weighted by Crippen LogP contribution is -2.18. The molecule has 0 saturated carbocycles. The summed E-state index contributed by atoms with van der Waals surface area (Å²) in [4.78, 5) is 11.5. The first-order chi connectivity index (χ1) is 9.29. The van der Waals surface area contributed by atoms with Gasteiger partial charge in [0, 0.05) is 19.3 Å². The van der Waals surface area contributed by atoms with Crippen LogP contribution in [0.3, 0.4) is 0 Å². The fourth-order valence-corrected chi connectivity index (χ4v) is 2.88. The van der Waals surface area contributed by atoms with E-state index in [0.717, 1.165) is 11.1 Å². The number of nitrogens with zero attached hydrogens (tertiary/aromatic N) is 1. The second-order valence-corrected chi connectivity index (χ2v) is 6.40. The molecule has 0 unspecified atom stereocenters. The number of nitrogens with one attached hydrogen (secondary N) is 1. The summed E-state index contributed by atoms with van der Waals surface area (Å²) >= 11 is 0. The zero-order valence-electron chi connectivity index (χ0n) is 11.5. The van der Waals surface area contributed by atoms with Gasteiger partial charge in [0.15, 0.2) is 0 Å². The van der Waals surface area contributed by atoms with Crippen LogP contribution in [0.5, 0.6) is 0 Å². The Morgan fingerprint density at radius 2 is 1.75 bits per heavy atom. The van der Waals surface area contributed by atoms with Crippen LogP contribution in [0.1, 0.15) is 11.1 Å². The number of hydrogen-bond donors (Lipinski definition) is 1. The third kappa shape index (κ3) is 2.91. The first kappa shape index (κ1) is 14.3. The van der Waals surface area contributed by atoms with E-state index in [2.05, 4.69) is 4.72 Å². The monoisotopic (exact) mass is 292 g/mol. The molecule has 106 valence electrons. The number of pyridine rings is 1. The quantitative estimate of drug-likeness (QED) is 0.938. The van der Waals surface area contributed by atoms with Crippen LogP contribution in [0.4, 0.5) is 5.69 Å². The smallest absolute Gasteiger partial charge is 0.261 e. The minimum atomic E-state index is -3.65. The number of sulfonamides is 1. The number of hydrogen-bond acceptors (Lipinski definition) is 3. The zero-order chi connectivity index (χ0) is 14.9. The van der Waals surface area contributed by atoms with E-state index in [1.807, 2.05) is 13.8 Å². The maximum atomic E-state index is 12.3. The SMILES string of the molecule is Cc1ccc(S(=O)(=O)Nc2ccc(=O)n(C)c2)cc1C. The van der Waals surface area contributed by atoms with Crippen LogP contribution in [0.2, 0.25) is 0 Å². The van der Waals surface area contributed by atoms with E-state index in [1.165, 1.54) is 22.9 Å². The molecular weight excluding hydrogens is 276 g/mol. The van der Waals surface area contributed by atoms with Crippen molar-refractivity contribution in [3.8, 4) is 0 Å². The Hall–Kier alpha value is -2.08. The van der Waals surface area contributed by atoms with Gasteiger partial charge in [0.1, 0.15) is 0 Å². The Labute approximate surface area is 117 Å². The highest BCUT2D eigenvalue weighted by molar-refractivity contribution is 7.92. The summed E-state index contributed by atoms with van der Waals surface area (Å²) in [6.45, 7) is 3.78. The van der Waals surface area contributed by atoms with Gasteiger partial charge in [-0.1, -0.05) is 6.07 Å². The highest BCUT2D eigenvalue weighted by atomic mass is 32.2. The van der Waals surface area contributed by atoms with Gasteiger partial charge in [0.25, 0.3) is 10.0 Å². The molecule has 0 radical (unpaired) electrons. The average molecular weight is 292 g/mol. The van der Waals surface area contributed by atoms with E-state index in [0.29, 0.717) is 5.69 Å². The van der Waals surface area contributed by atoms with Gasteiger partial charge < -0.3 is 4.57 Å². The molecule has 0 atom stereocenters. The van der Waals surface area contributed by atoms with E-state index in [4.69, 9.17) is 0 Å². The molecule has 0 fully saturated rings. The fraction of sp³-hybridized carbons (Fsp3) is 0.214. The van der Waals surface area contributed by atoms with E-state index in [-0.39, 0.29) is 10.5 Å². The molecule has 0 aliphatic heterocycles. The molecule has 0 bridgehead atoms. The zero-order valence-corrected chi connectivity index (χ0v) is 12.4. The standard InChI is InChI=1S/C14H16N2O3S/c1-10-4-6-13(8-11(10)2)20(18,19)15-12-5-7-14(17)16(3)9-12/h4-9,15H,1-3H3. The Bertz CT molecular complexity index is 807. The van der Waals surface area contributed by atoms with Crippen molar-refractivity contribution < 1.29 is 8.42 Å². The molecule has 5 nitrogen and oxygen atoms in total. The van der Waals surface area contributed by atoms with E-state index in [9.17, 15) is 13.2 Å². The van der Waals surface area contributed by atoms with Gasteiger partial charge in [-0.15, -0.1) is 0 Å². The van der Waals surface area contributed by atoms with Gasteiger partial charge in [0.05, 0.1) is 10.6 Å². The third-order valence-electron chi connectivity index (χ3n) is 3.13. The molecule has 2 rings (SSSR count). The van der Waals surface area contributed by atoms with Crippen molar-refractivity contribution in [1.82, 2.24) is 4.57 Å². The summed E-state index contributed by atoms with van der Waals surface area (Å²) in [6, 6.07) is 7.72. The van der Waals surface area contributed by atoms with E-state index >= 15 is 0 Å². The Morgan fingerprint density at radius 1 is 1.05 bits per heavy atom. The van der Waals surface area contributed by atoms with Crippen molar-refractivity contribution in [3.05, 3.63) is 58.0 Å². The van der Waals surface area contributed by atoms with Crippen LogP contribution < -0.4 is 10.3 Å². The van der Waals surface area contributed by atoms with Gasteiger partial charge in [-0.05, 0) is 43.2 Å². The van der Waals surface area contributed by atoms with Crippen LogP contribution in [0.15, 0.2) is 46.2 Å². The lowest BCUT2D eigenvalue weighted by Gasteiger charge is -2.10. The predicted octanol–water partition coefficient (Wildman–Crippen LogP) is 1.80. The lowest BCUT2D eigenvalue weighted by atomic mass is 10.1. The molecule has 0 aliphatic carbocycles. The molecule has 20 heavy (non-hydrogen) atoms. The maximum absolute atomic E-state index is 12.3. The molecule has 0 spiro atoms. The number of rotatable bonds is 3. The molecule has 1 aromatic heterocycles. The average Bonchev–Trinajstić information content (AvgIpc) is 2.37. The molecule has 1 N–H and O–H groups in total. The van der Waals surface area contributed by atoms with Crippen LogP contribution in [0.25, 0.3) is 0 Å². The largest absolute Gasteiger partial charge is 0.316 e. The highest BCUT2D eigenvalue weighted by Crippen LogP contribution is 2.18. The molecule has 2 aromatic rings. The van der Waals surface area contributed by atoms with Crippen LogP contribution in [-0.2, 0) is 17.1 Å². The first-order valence-electron chi connectivity index (χ1n) is 6.06. The second-order valence-electron chi connectivity index (χ2n) is 4.72. The van der Waals surface area contributed by atoms with Gasteiger partial charge in [-0.2, -0.15) is 0 Å². The number of aromatic nitrogens is 1. The molecule has 0 saturated heterocycles. The predicted molar refractivity (Wildman–Crippen MR) is 78.4 cm³/mol. The minimum Gasteiger partial charge on any atom is -0.316 e. The van der Waals surface area contributed by atoms with Crippen molar-refractivity contribution in [1.29, 1.82) is 0 Å². The normalized spacial score (nSPS) is 11.3. The molecule has 1 aromatic carbocycles. The fourth-order valence-electron chi connectivity index (χ4n) is 1.75. The van der Waals surface area contributed by atoms with Gasteiger partial charge in [-0.25, -0.2) is 8.42 Å². The molecular formula is C14H16N2O3S. The molecule has 6 heteroatoms. The summed E-state index contributed by atoms with van der Waals surface area (Å²) < 4.78 is 28.3. The molecule has 0 aliphatic rings. The second kappa shape index (κ2) is 5.13. The van der Waals surface area contributed by atoms with Crippen molar-refractivity contribution in [2.45, 2.75) is 18.7 Å². The Kier molecular flexibility index (Phi) is 3.67. The van der Waals surface area contributed by atoms with Gasteiger partial charge in [0.2, 0.25) is 5.56 Å². The van der Waals surface area contributed by atoms with Crippen molar-refractivity contribution >= 4 is 15.7 Å². The number of aryl methyl sites for hydroxylation is 3. The number of benzene rings is 1. The van der Waals surface area contributed by atoms with Crippen LogP contribution in [-0.4, -0.2) is 13.0 Å². The van der Waals surface area contributed by atoms with Gasteiger partial charge >= 0.3 is 0 Å². The van der Waals surface area contributed by atoms with Gasteiger partial charge in [-0.3, -0.25) is 9.52 Å². The molecule has 1 heterocycles. The van der Waals surface area contributed by atoms with Crippen molar-refractivity contribution in [2.24, 2.45) is 7.05 Å². The maximum Gasteiger partial charge on any atom is 0.261 e. The Balaban J connectivity index is 2.37. The topological polar surface area (TPSA) is 68.2 Å². The third-order valence-corrected chi connectivity index (χ3v) is 4.51. The van der Waals surface area contributed by atoms with Crippen molar-refractivity contribution in [3.63, 3.8) is 0 Å². The van der Waals surface area contributed by atoms with Crippen LogP contribution >= 0.6 is 0 Å². The van der Waals surface area contributed by atoms with Crippen molar-refractivity contribution in [2.75, 3.05) is 4.72 Å².